The van der Waals surface area contributed by atoms with Crippen molar-refractivity contribution in [3.63, 3.8) is 0 Å². The Labute approximate surface area is 137 Å². The van der Waals surface area contributed by atoms with Crippen molar-refractivity contribution in [3.05, 3.63) is 35.1 Å². The number of nitrogens with zero attached hydrogens (tertiary/aromatic N) is 1. The van der Waals surface area contributed by atoms with E-state index in [1.54, 1.807) is 6.07 Å². The predicted octanol–water partition coefficient (Wildman–Crippen LogP) is 3.95. The predicted molar refractivity (Wildman–Crippen MR) is 89.1 cm³/mol. The van der Waals surface area contributed by atoms with Crippen molar-refractivity contribution in [3.8, 4) is 0 Å². The molecule has 2 rings (SSSR count). The first-order valence-corrected chi connectivity index (χ1v) is 8.16. The van der Waals surface area contributed by atoms with Crippen LogP contribution in [0.2, 0.25) is 0 Å². The number of piperidine rings is 1. The monoisotopic (exact) mass is 322 g/mol. The minimum Gasteiger partial charge on any atom is -0.465 e. The van der Waals surface area contributed by atoms with Crippen LogP contribution in [0.25, 0.3) is 0 Å². The van der Waals surface area contributed by atoms with Crippen molar-refractivity contribution >= 4 is 6.09 Å². The van der Waals surface area contributed by atoms with Gasteiger partial charge in [-0.25, -0.2) is 9.18 Å². The fourth-order valence-corrected chi connectivity index (χ4v) is 3.14. The molecule has 4 nitrogen and oxygen atoms in total. The van der Waals surface area contributed by atoms with Gasteiger partial charge in [0.15, 0.2) is 0 Å². The smallest absolute Gasteiger partial charge is 0.407 e. The van der Waals surface area contributed by atoms with E-state index in [9.17, 15) is 14.3 Å². The van der Waals surface area contributed by atoms with Crippen LogP contribution in [0.1, 0.15) is 50.8 Å². The average Bonchev–Trinajstić information content (AvgIpc) is 2.44. The Balaban J connectivity index is 2.18. The lowest BCUT2D eigenvalue weighted by atomic mass is 9.88. The van der Waals surface area contributed by atoms with Gasteiger partial charge >= 0.3 is 6.09 Å². The number of carboxylic acid groups (broad SMARTS) is 1. The van der Waals surface area contributed by atoms with Gasteiger partial charge in [0.1, 0.15) is 5.82 Å². The van der Waals surface area contributed by atoms with Crippen LogP contribution >= 0.6 is 0 Å². The highest BCUT2D eigenvalue weighted by atomic mass is 19.1. The average molecular weight is 322 g/mol. The number of benzene rings is 1. The molecule has 1 aliphatic rings. The van der Waals surface area contributed by atoms with E-state index < -0.39 is 6.09 Å². The van der Waals surface area contributed by atoms with Crippen LogP contribution in [0.3, 0.4) is 0 Å². The quantitative estimate of drug-likeness (QED) is 0.886. The lowest BCUT2D eigenvalue weighted by Crippen LogP contribution is -2.48. The Morgan fingerprint density at radius 3 is 2.70 bits per heavy atom. The van der Waals surface area contributed by atoms with Crippen LogP contribution in [0.4, 0.5) is 9.18 Å². The summed E-state index contributed by atoms with van der Waals surface area (Å²) in [6.07, 6.45) is 0.613. The summed E-state index contributed by atoms with van der Waals surface area (Å²) in [5, 5.41) is 13.1. The highest BCUT2D eigenvalue weighted by Crippen LogP contribution is 2.33. The summed E-state index contributed by atoms with van der Waals surface area (Å²) in [5.74, 6) is -0.286. The highest BCUT2D eigenvalue weighted by molar-refractivity contribution is 5.66. The summed E-state index contributed by atoms with van der Waals surface area (Å²) in [6.45, 7) is 9.75. The second-order valence-corrected chi connectivity index (χ2v) is 7.66. The Kier molecular flexibility index (Phi) is 5.30. The molecular weight excluding hydrogens is 295 g/mol. The fourth-order valence-electron chi connectivity index (χ4n) is 3.14. The molecule has 0 aliphatic carbocycles. The van der Waals surface area contributed by atoms with E-state index in [0.717, 1.165) is 30.5 Å². The zero-order chi connectivity index (χ0) is 17.2. The van der Waals surface area contributed by atoms with Gasteiger partial charge in [0.05, 0.1) is 6.04 Å². The summed E-state index contributed by atoms with van der Waals surface area (Å²) in [7, 11) is 0. The molecule has 2 atom stereocenters. The van der Waals surface area contributed by atoms with E-state index in [2.05, 4.69) is 26.1 Å². The van der Waals surface area contributed by atoms with Crippen LogP contribution in [0.15, 0.2) is 18.2 Å². The highest BCUT2D eigenvalue weighted by Gasteiger charge is 2.33. The zero-order valence-corrected chi connectivity index (χ0v) is 14.4. The third-order valence-corrected chi connectivity index (χ3v) is 4.36. The molecule has 1 heterocycles. The molecule has 1 amide bonds. The molecule has 23 heavy (non-hydrogen) atoms. The van der Waals surface area contributed by atoms with Crippen molar-refractivity contribution in [1.82, 2.24) is 10.2 Å². The minimum absolute atomic E-state index is 0.186. The van der Waals surface area contributed by atoms with Gasteiger partial charge in [0.25, 0.3) is 0 Å². The molecule has 128 valence electrons. The van der Waals surface area contributed by atoms with E-state index in [0.29, 0.717) is 6.54 Å². The molecule has 0 radical (unpaired) electrons. The Morgan fingerprint density at radius 1 is 1.43 bits per heavy atom. The lowest BCUT2D eigenvalue weighted by Gasteiger charge is -2.39. The lowest BCUT2D eigenvalue weighted by molar-refractivity contribution is 0.0944. The van der Waals surface area contributed by atoms with Crippen molar-refractivity contribution in [1.29, 1.82) is 0 Å². The van der Waals surface area contributed by atoms with Gasteiger partial charge in [0, 0.05) is 19.1 Å². The van der Waals surface area contributed by atoms with Gasteiger partial charge in [-0.05, 0) is 48.4 Å². The van der Waals surface area contributed by atoms with Gasteiger partial charge in [-0.2, -0.15) is 0 Å². The maximum absolute atomic E-state index is 13.4. The first-order valence-electron chi connectivity index (χ1n) is 8.16. The molecule has 1 aromatic rings. The first kappa shape index (κ1) is 17.7. The molecule has 0 saturated carbocycles. The first-order chi connectivity index (χ1) is 10.7. The molecule has 5 heteroatoms. The van der Waals surface area contributed by atoms with E-state index in [4.69, 9.17) is 0 Å². The topological polar surface area (TPSA) is 52.6 Å². The van der Waals surface area contributed by atoms with E-state index in [1.807, 2.05) is 6.92 Å². The number of likely N-dealkylation sites (tertiary alicyclic amines) is 1. The third-order valence-electron chi connectivity index (χ3n) is 4.36. The number of hydrogen-bond acceptors (Lipinski definition) is 2. The number of rotatable bonds is 3. The molecule has 1 fully saturated rings. The number of halogens is 1. The van der Waals surface area contributed by atoms with Crippen molar-refractivity contribution in [2.75, 3.05) is 13.1 Å². The summed E-state index contributed by atoms with van der Waals surface area (Å²) in [6, 6.07) is 4.66. The number of carbonyl (C=O) groups is 1. The Morgan fingerprint density at radius 2 is 2.13 bits per heavy atom. The maximum Gasteiger partial charge on any atom is 0.407 e. The van der Waals surface area contributed by atoms with Gasteiger partial charge in [-0.15, -0.1) is 0 Å². The van der Waals surface area contributed by atoms with Crippen LogP contribution in [0.5, 0.6) is 0 Å². The zero-order valence-electron chi connectivity index (χ0n) is 14.4. The summed E-state index contributed by atoms with van der Waals surface area (Å²) < 4.78 is 13.4. The Hall–Kier alpha value is -1.62. The van der Waals surface area contributed by atoms with Gasteiger partial charge in [-0.3, -0.25) is 0 Å². The largest absolute Gasteiger partial charge is 0.465 e. The molecule has 1 aromatic carbocycles. The summed E-state index contributed by atoms with van der Waals surface area (Å²) in [5.41, 5.74) is 1.89. The second-order valence-electron chi connectivity index (χ2n) is 7.66. The molecule has 1 saturated heterocycles. The van der Waals surface area contributed by atoms with Gasteiger partial charge in [0.2, 0.25) is 0 Å². The van der Waals surface area contributed by atoms with Crippen LogP contribution < -0.4 is 5.32 Å². The third kappa shape index (κ3) is 4.67. The Bertz CT molecular complexity index is 569. The fraction of sp³-hybridized carbons (Fsp3) is 0.611. The molecule has 2 N–H and O–H groups in total. The molecule has 2 unspecified atom stereocenters. The van der Waals surface area contributed by atoms with Gasteiger partial charge in [-0.1, -0.05) is 26.8 Å². The van der Waals surface area contributed by atoms with Crippen LogP contribution in [-0.4, -0.2) is 35.2 Å². The number of nitrogens with one attached hydrogen (secondary N) is 1. The molecule has 0 aromatic heterocycles. The van der Waals surface area contributed by atoms with Crippen molar-refractivity contribution in [2.45, 2.75) is 52.6 Å². The van der Waals surface area contributed by atoms with Gasteiger partial charge < -0.3 is 15.3 Å². The van der Waals surface area contributed by atoms with E-state index >= 15 is 0 Å². The normalized spacial score (nSPS) is 22.2. The molecule has 1 aliphatic heterocycles. The summed E-state index contributed by atoms with van der Waals surface area (Å²) in [4.78, 5) is 13.1. The molecular formula is C18H27FN2O2. The molecule has 0 spiro atoms. The van der Waals surface area contributed by atoms with Crippen LogP contribution in [0, 0.1) is 18.2 Å². The van der Waals surface area contributed by atoms with Crippen LogP contribution in [-0.2, 0) is 0 Å². The second kappa shape index (κ2) is 6.87. The van der Waals surface area contributed by atoms with E-state index in [1.165, 1.54) is 17.0 Å². The standard InChI is InChI=1S/C18H27FN2O2/c1-12-9-13(19)5-6-15(12)16-10-14(20-11-18(2,3)4)7-8-21(16)17(22)23/h5-6,9,14,16,20H,7-8,10-11H2,1-4H3,(H,22,23). The van der Waals surface area contributed by atoms with Crippen molar-refractivity contribution < 1.29 is 14.3 Å². The van der Waals surface area contributed by atoms with Crippen molar-refractivity contribution in [2.24, 2.45) is 5.41 Å². The summed E-state index contributed by atoms with van der Waals surface area (Å²) >= 11 is 0. The van der Waals surface area contributed by atoms with E-state index in [-0.39, 0.29) is 23.3 Å². The SMILES string of the molecule is Cc1cc(F)ccc1C1CC(NCC(C)(C)C)CCN1C(=O)O. The number of hydrogen-bond donors (Lipinski definition) is 2. The number of aryl methyl sites for hydroxylation is 1. The minimum atomic E-state index is -0.909. The maximum atomic E-state index is 13.4. The number of amides is 1. The molecule has 0 bridgehead atoms.